The van der Waals surface area contributed by atoms with Crippen molar-refractivity contribution in [3.8, 4) is 17.2 Å². The number of ether oxygens (including phenoxy) is 1. The van der Waals surface area contributed by atoms with E-state index in [4.69, 9.17) is 14.1 Å². The number of benzene rings is 1. The van der Waals surface area contributed by atoms with Gasteiger partial charge in [-0.2, -0.15) is 0 Å². The maximum atomic E-state index is 12.4. The van der Waals surface area contributed by atoms with Crippen LogP contribution < -0.4 is 15.4 Å². The molecule has 0 atom stereocenters. The number of hydrogen-bond acceptors (Lipinski definition) is 7. The lowest BCUT2D eigenvalue weighted by atomic mass is 9.49. The molecule has 0 spiro atoms. The number of anilines is 2. The second-order valence-electron chi connectivity index (χ2n) is 10.7. The standard InChI is InChI=1S/C24H26B3N5O3/c25-24(26,27)32-21-16-9-28-20(31-22(33)13-3-4-13)8-15(16)17(10-29-21)23-30-18-7-14(5-6-19(18)35-23)34-11-12-1-2-12/h5-10,12-13H,1-4,11,25-27H2,(H,29,32)(H,28,31,33). The summed E-state index contributed by atoms with van der Waals surface area (Å²) in [5, 5.41) is 7.89. The molecule has 2 aliphatic rings. The summed E-state index contributed by atoms with van der Waals surface area (Å²) in [7, 11) is 6.24. The van der Waals surface area contributed by atoms with Crippen LogP contribution in [0.5, 0.6) is 5.75 Å². The van der Waals surface area contributed by atoms with E-state index in [0.717, 1.165) is 52.9 Å². The van der Waals surface area contributed by atoms with Gasteiger partial charge in [-0.1, -0.05) is 0 Å². The minimum Gasteiger partial charge on any atom is -0.493 e. The summed E-state index contributed by atoms with van der Waals surface area (Å²) in [6.45, 7) is 0.745. The van der Waals surface area contributed by atoms with E-state index in [1.807, 2.05) is 24.3 Å². The molecule has 1 amide bonds. The van der Waals surface area contributed by atoms with Crippen molar-refractivity contribution in [1.82, 2.24) is 15.0 Å². The molecule has 4 aromatic rings. The third kappa shape index (κ3) is 4.85. The molecule has 2 fully saturated rings. The molecule has 11 heteroatoms. The Hall–Kier alpha value is -3.49. The highest BCUT2D eigenvalue weighted by Gasteiger charge is 2.30. The van der Waals surface area contributed by atoms with Crippen LogP contribution in [0.3, 0.4) is 0 Å². The molecule has 0 radical (unpaired) electrons. The Balaban J connectivity index is 1.40. The Labute approximate surface area is 205 Å². The van der Waals surface area contributed by atoms with Crippen molar-refractivity contribution in [3.05, 3.63) is 36.7 Å². The van der Waals surface area contributed by atoms with E-state index in [1.54, 1.807) is 12.4 Å². The van der Waals surface area contributed by atoms with Crippen molar-refractivity contribution in [3.63, 3.8) is 0 Å². The first-order valence-electron chi connectivity index (χ1n) is 12.2. The van der Waals surface area contributed by atoms with Gasteiger partial charge in [0, 0.05) is 35.2 Å². The average molecular weight is 465 g/mol. The van der Waals surface area contributed by atoms with Gasteiger partial charge < -0.3 is 19.8 Å². The molecule has 3 heterocycles. The molecule has 0 bridgehead atoms. The molecule has 8 nitrogen and oxygen atoms in total. The number of carbonyl (C=O) groups is 1. The molecule has 2 N–H and O–H groups in total. The molecule has 1 aromatic carbocycles. The number of rotatable bonds is 8. The summed E-state index contributed by atoms with van der Waals surface area (Å²) in [6, 6.07) is 7.60. The summed E-state index contributed by atoms with van der Waals surface area (Å²) < 4.78 is 12.0. The maximum absolute atomic E-state index is 12.4. The first-order valence-corrected chi connectivity index (χ1v) is 12.2. The third-order valence-corrected chi connectivity index (χ3v) is 6.24. The van der Waals surface area contributed by atoms with E-state index in [0.29, 0.717) is 23.2 Å². The molecule has 174 valence electrons. The van der Waals surface area contributed by atoms with Gasteiger partial charge in [0.25, 0.3) is 0 Å². The number of fused-ring (bicyclic) bond motifs is 2. The van der Waals surface area contributed by atoms with Crippen molar-refractivity contribution in [2.75, 3.05) is 17.2 Å². The lowest BCUT2D eigenvalue weighted by molar-refractivity contribution is -0.117. The number of oxazole rings is 1. The van der Waals surface area contributed by atoms with Crippen LogP contribution in [-0.2, 0) is 4.79 Å². The minimum atomic E-state index is -0.186. The Bertz CT molecular complexity index is 1440. The molecule has 0 unspecified atom stereocenters. The summed E-state index contributed by atoms with van der Waals surface area (Å²) >= 11 is 0. The smallest absolute Gasteiger partial charge is 0.229 e. The van der Waals surface area contributed by atoms with Gasteiger partial charge in [0.1, 0.15) is 46.4 Å². The summed E-state index contributed by atoms with van der Waals surface area (Å²) in [6.07, 6.45) is 7.86. The van der Waals surface area contributed by atoms with Crippen LogP contribution in [0.4, 0.5) is 11.6 Å². The predicted molar refractivity (Wildman–Crippen MR) is 144 cm³/mol. The molecule has 2 saturated carbocycles. The average Bonchev–Trinajstić information content (AvgIpc) is 3.73. The summed E-state index contributed by atoms with van der Waals surface area (Å²) in [4.78, 5) is 26.3. The van der Waals surface area contributed by atoms with E-state index in [2.05, 4.69) is 44.1 Å². The molecule has 35 heavy (non-hydrogen) atoms. The van der Waals surface area contributed by atoms with Gasteiger partial charge in [-0.3, -0.25) is 4.79 Å². The highest BCUT2D eigenvalue weighted by molar-refractivity contribution is 6.60. The van der Waals surface area contributed by atoms with Crippen LogP contribution in [0.25, 0.3) is 33.3 Å². The molecule has 0 saturated heterocycles. The van der Waals surface area contributed by atoms with Crippen molar-refractivity contribution in [2.24, 2.45) is 11.8 Å². The van der Waals surface area contributed by atoms with Crippen LogP contribution in [0.15, 0.2) is 41.1 Å². The summed E-state index contributed by atoms with van der Waals surface area (Å²) in [5.74, 6) is 3.28. The van der Waals surface area contributed by atoms with Gasteiger partial charge in [-0.15, -0.1) is 0 Å². The van der Waals surface area contributed by atoms with Crippen molar-refractivity contribution < 1.29 is 13.9 Å². The largest absolute Gasteiger partial charge is 0.493 e. The monoisotopic (exact) mass is 465 g/mol. The van der Waals surface area contributed by atoms with Gasteiger partial charge >= 0.3 is 0 Å². The lowest BCUT2D eigenvalue weighted by Crippen LogP contribution is -2.40. The fourth-order valence-corrected chi connectivity index (χ4v) is 4.01. The molecule has 2 aliphatic carbocycles. The van der Waals surface area contributed by atoms with Crippen LogP contribution in [0.2, 0.25) is 0 Å². The first kappa shape index (κ1) is 22.0. The number of hydrogen-bond donors (Lipinski definition) is 2. The van der Waals surface area contributed by atoms with Gasteiger partial charge in [-0.25, -0.2) is 15.0 Å². The van der Waals surface area contributed by atoms with Gasteiger partial charge in [0.05, 0.1) is 12.2 Å². The quantitative estimate of drug-likeness (QED) is 0.381. The number of nitrogens with zero attached hydrogens (tertiary/aromatic N) is 3. The lowest BCUT2D eigenvalue weighted by Gasteiger charge is -2.23. The second kappa shape index (κ2) is 8.32. The fraction of sp³-hybridized carbons (Fsp3) is 0.333. The molecule has 0 aliphatic heterocycles. The van der Waals surface area contributed by atoms with E-state index < -0.39 is 0 Å². The molecular formula is C24H26B3N5O3. The van der Waals surface area contributed by atoms with E-state index in [1.165, 1.54) is 12.8 Å². The van der Waals surface area contributed by atoms with Gasteiger partial charge in [0.2, 0.25) is 11.8 Å². The van der Waals surface area contributed by atoms with Crippen LogP contribution in [-0.4, -0.2) is 56.2 Å². The predicted octanol–water partition coefficient (Wildman–Crippen LogP) is 1.50. The zero-order chi connectivity index (χ0) is 24.2. The minimum absolute atomic E-state index is 0.0149. The molecule has 3 aromatic heterocycles. The highest BCUT2D eigenvalue weighted by atomic mass is 16.5. The van der Waals surface area contributed by atoms with Gasteiger partial charge in [0.15, 0.2) is 5.58 Å². The summed E-state index contributed by atoms with van der Waals surface area (Å²) in [5.41, 5.74) is 2.15. The highest BCUT2D eigenvalue weighted by Crippen LogP contribution is 2.36. The number of carbonyl (C=O) groups excluding carboxylic acids is 1. The van der Waals surface area contributed by atoms with E-state index >= 15 is 0 Å². The Kier molecular flexibility index (Phi) is 5.23. The number of amides is 1. The topological polar surface area (TPSA) is 102 Å². The van der Waals surface area contributed by atoms with Crippen LogP contribution >= 0.6 is 0 Å². The van der Waals surface area contributed by atoms with Crippen molar-refractivity contribution >= 4 is 63.0 Å². The zero-order valence-electron chi connectivity index (χ0n) is 20.2. The SMILES string of the molecule is BC(B)(B)Nc1ncc(-c2nc3cc(OCC4CC4)ccc3o2)c2cc(NC(=O)C3CC3)ncc12. The Morgan fingerprint density at radius 2 is 1.91 bits per heavy atom. The Morgan fingerprint density at radius 3 is 2.66 bits per heavy atom. The fourth-order valence-electron chi connectivity index (χ4n) is 4.01. The number of aromatic nitrogens is 3. The number of nitrogens with one attached hydrogen (secondary N) is 2. The second-order valence-corrected chi connectivity index (χ2v) is 10.7. The van der Waals surface area contributed by atoms with Gasteiger partial charge in [-0.05, 0) is 55.0 Å². The molecule has 6 rings (SSSR count). The van der Waals surface area contributed by atoms with E-state index in [-0.39, 0.29) is 17.1 Å². The number of pyridine rings is 2. The molecular weight excluding hydrogens is 439 g/mol. The first-order chi connectivity index (χ1) is 16.8. The Morgan fingerprint density at radius 1 is 1.09 bits per heavy atom. The maximum Gasteiger partial charge on any atom is 0.229 e. The normalized spacial score (nSPS) is 15.9. The van der Waals surface area contributed by atoms with Crippen LogP contribution in [0, 0.1) is 11.8 Å². The van der Waals surface area contributed by atoms with Crippen molar-refractivity contribution in [1.29, 1.82) is 0 Å². The van der Waals surface area contributed by atoms with Crippen molar-refractivity contribution in [2.45, 2.75) is 30.9 Å². The van der Waals surface area contributed by atoms with E-state index in [9.17, 15) is 4.79 Å². The third-order valence-electron chi connectivity index (χ3n) is 6.24. The van der Waals surface area contributed by atoms with Crippen LogP contribution in [0.1, 0.15) is 25.7 Å². The zero-order valence-corrected chi connectivity index (χ0v) is 20.2.